The summed E-state index contributed by atoms with van der Waals surface area (Å²) in [5, 5.41) is 2.79. The zero-order valence-corrected chi connectivity index (χ0v) is 15.2. The third-order valence-electron chi connectivity index (χ3n) is 4.99. The second-order valence-electron chi connectivity index (χ2n) is 6.66. The number of rotatable bonds is 6. The minimum atomic E-state index is -3.34. The Hall–Kier alpha value is -1.67. The number of anilines is 1. The number of pyridine rings is 1. The summed E-state index contributed by atoms with van der Waals surface area (Å²) in [6.07, 6.45) is 5.78. The number of amides is 1. The fraction of sp³-hybridized carbons (Fsp3) is 0.647. The van der Waals surface area contributed by atoms with Crippen LogP contribution in [0.4, 0.5) is 5.82 Å². The molecule has 8 heteroatoms. The summed E-state index contributed by atoms with van der Waals surface area (Å²) >= 11 is 0. The molecule has 2 heterocycles. The number of sulfonamides is 1. The number of nitrogens with one attached hydrogen (secondary N) is 1. The van der Waals surface area contributed by atoms with Gasteiger partial charge in [-0.3, -0.25) is 4.79 Å². The van der Waals surface area contributed by atoms with Crippen LogP contribution in [0.1, 0.15) is 25.7 Å². The van der Waals surface area contributed by atoms with E-state index < -0.39 is 10.0 Å². The topological polar surface area (TPSA) is 82.6 Å². The van der Waals surface area contributed by atoms with Crippen LogP contribution in [-0.2, 0) is 14.8 Å². The Kier molecular flexibility index (Phi) is 5.90. The molecule has 0 radical (unpaired) electrons. The van der Waals surface area contributed by atoms with Gasteiger partial charge in [-0.05, 0) is 25.0 Å². The van der Waals surface area contributed by atoms with Crippen LogP contribution in [0.5, 0.6) is 0 Å². The minimum Gasteiger partial charge on any atom is -0.355 e. The molecule has 1 amide bonds. The first-order valence-electron chi connectivity index (χ1n) is 8.98. The van der Waals surface area contributed by atoms with Gasteiger partial charge in [0.05, 0.1) is 5.75 Å². The van der Waals surface area contributed by atoms with Crippen molar-refractivity contribution in [3.05, 3.63) is 24.4 Å². The van der Waals surface area contributed by atoms with Gasteiger partial charge in [-0.2, -0.15) is 4.31 Å². The Balaban J connectivity index is 1.44. The minimum absolute atomic E-state index is 0.00710. The molecule has 1 aliphatic heterocycles. The normalized spacial score (nSPS) is 19.9. The van der Waals surface area contributed by atoms with E-state index in [0.29, 0.717) is 26.2 Å². The lowest BCUT2D eigenvalue weighted by atomic mass is 10.1. The smallest absolute Gasteiger partial charge is 0.223 e. The molecule has 2 fully saturated rings. The summed E-state index contributed by atoms with van der Waals surface area (Å²) in [7, 11) is -3.34. The van der Waals surface area contributed by atoms with Gasteiger partial charge in [0.25, 0.3) is 0 Å². The monoisotopic (exact) mass is 366 g/mol. The van der Waals surface area contributed by atoms with Crippen LogP contribution in [-0.4, -0.2) is 62.1 Å². The van der Waals surface area contributed by atoms with Crippen LogP contribution >= 0.6 is 0 Å². The lowest BCUT2D eigenvalue weighted by Gasteiger charge is -2.34. The third kappa shape index (κ3) is 4.70. The van der Waals surface area contributed by atoms with Crippen molar-refractivity contribution in [2.24, 2.45) is 5.92 Å². The number of hydrogen-bond donors (Lipinski definition) is 1. The molecular weight excluding hydrogens is 340 g/mol. The second-order valence-corrected chi connectivity index (χ2v) is 8.75. The van der Waals surface area contributed by atoms with Gasteiger partial charge in [-0.1, -0.05) is 18.9 Å². The highest BCUT2D eigenvalue weighted by Gasteiger charge is 2.28. The molecule has 0 bridgehead atoms. The zero-order valence-electron chi connectivity index (χ0n) is 14.4. The average molecular weight is 366 g/mol. The average Bonchev–Trinajstić information content (AvgIpc) is 3.17. The van der Waals surface area contributed by atoms with Gasteiger partial charge in [0.15, 0.2) is 0 Å². The van der Waals surface area contributed by atoms with E-state index in [-0.39, 0.29) is 24.1 Å². The van der Waals surface area contributed by atoms with Crippen molar-refractivity contribution in [1.82, 2.24) is 14.6 Å². The molecule has 1 aromatic heterocycles. The molecule has 3 rings (SSSR count). The lowest BCUT2D eigenvalue weighted by molar-refractivity contribution is -0.124. The van der Waals surface area contributed by atoms with Crippen molar-refractivity contribution in [2.45, 2.75) is 25.7 Å². The molecule has 138 valence electrons. The Morgan fingerprint density at radius 1 is 1.16 bits per heavy atom. The first kappa shape index (κ1) is 18.1. The molecule has 1 saturated heterocycles. The van der Waals surface area contributed by atoms with Crippen LogP contribution in [0, 0.1) is 5.92 Å². The molecule has 25 heavy (non-hydrogen) atoms. The lowest BCUT2D eigenvalue weighted by Crippen LogP contribution is -2.50. The van der Waals surface area contributed by atoms with Crippen molar-refractivity contribution in [3.63, 3.8) is 0 Å². The number of carbonyl (C=O) groups excluding carboxylic acids is 1. The summed E-state index contributed by atoms with van der Waals surface area (Å²) in [6, 6.07) is 5.73. The van der Waals surface area contributed by atoms with E-state index in [2.05, 4.69) is 15.2 Å². The van der Waals surface area contributed by atoms with Crippen molar-refractivity contribution in [1.29, 1.82) is 0 Å². The molecule has 0 aromatic carbocycles. The maximum absolute atomic E-state index is 12.5. The predicted molar refractivity (Wildman–Crippen MR) is 96.8 cm³/mol. The van der Waals surface area contributed by atoms with Crippen LogP contribution in [0.25, 0.3) is 0 Å². The van der Waals surface area contributed by atoms with E-state index in [0.717, 1.165) is 31.5 Å². The fourth-order valence-electron chi connectivity index (χ4n) is 3.50. The molecule has 0 atom stereocenters. The molecule has 2 aliphatic rings. The van der Waals surface area contributed by atoms with Crippen molar-refractivity contribution in [3.8, 4) is 0 Å². The van der Waals surface area contributed by atoms with Gasteiger partial charge in [-0.15, -0.1) is 0 Å². The third-order valence-corrected chi connectivity index (χ3v) is 6.86. The number of nitrogens with zero attached hydrogens (tertiary/aromatic N) is 3. The van der Waals surface area contributed by atoms with Crippen LogP contribution < -0.4 is 10.2 Å². The van der Waals surface area contributed by atoms with E-state index in [1.807, 2.05) is 18.2 Å². The molecule has 7 nitrogen and oxygen atoms in total. The van der Waals surface area contributed by atoms with E-state index in [4.69, 9.17) is 0 Å². The van der Waals surface area contributed by atoms with Gasteiger partial charge in [-0.25, -0.2) is 13.4 Å². The highest BCUT2D eigenvalue weighted by molar-refractivity contribution is 7.89. The number of carbonyl (C=O) groups is 1. The van der Waals surface area contributed by atoms with Crippen molar-refractivity contribution in [2.75, 3.05) is 43.4 Å². The quantitative estimate of drug-likeness (QED) is 0.807. The Labute approximate surface area is 149 Å². The first-order chi connectivity index (χ1) is 12.1. The van der Waals surface area contributed by atoms with E-state index in [9.17, 15) is 13.2 Å². The molecule has 1 saturated carbocycles. The van der Waals surface area contributed by atoms with Crippen LogP contribution in [0.3, 0.4) is 0 Å². The Morgan fingerprint density at radius 3 is 2.52 bits per heavy atom. The van der Waals surface area contributed by atoms with Gasteiger partial charge in [0.1, 0.15) is 5.82 Å². The zero-order chi connectivity index (χ0) is 17.7. The van der Waals surface area contributed by atoms with E-state index >= 15 is 0 Å². The SMILES string of the molecule is O=C(NCCS(=O)(=O)N1CCN(c2ccccn2)CC1)C1CCCC1. The summed E-state index contributed by atoms with van der Waals surface area (Å²) < 4.78 is 26.5. The molecule has 0 spiro atoms. The standard InChI is InChI=1S/C17H26N4O3S/c22-17(15-5-1-2-6-15)19-9-14-25(23,24)21-12-10-20(11-13-21)16-7-3-4-8-18-16/h3-4,7-8,15H,1-2,5-6,9-14H2,(H,19,22). The highest BCUT2D eigenvalue weighted by Crippen LogP contribution is 2.24. The molecular formula is C17H26N4O3S. The predicted octanol–water partition coefficient (Wildman–Crippen LogP) is 0.840. The van der Waals surface area contributed by atoms with Gasteiger partial charge in [0.2, 0.25) is 15.9 Å². The Bertz CT molecular complexity index is 666. The fourth-order valence-corrected chi connectivity index (χ4v) is 4.84. The number of hydrogen-bond acceptors (Lipinski definition) is 5. The molecule has 0 unspecified atom stereocenters. The maximum Gasteiger partial charge on any atom is 0.223 e. The summed E-state index contributed by atoms with van der Waals surface area (Å²) in [5.41, 5.74) is 0. The Morgan fingerprint density at radius 2 is 1.88 bits per heavy atom. The summed E-state index contributed by atoms with van der Waals surface area (Å²) in [5.74, 6) is 0.926. The molecule has 1 aliphatic carbocycles. The second kappa shape index (κ2) is 8.14. The highest BCUT2D eigenvalue weighted by atomic mass is 32.2. The summed E-state index contributed by atoms with van der Waals surface area (Å²) in [6.45, 7) is 2.36. The van der Waals surface area contributed by atoms with Crippen molar-refractivity contribution >= 4 is 21.7 Å². The maximum atomic E-state index is 12.5. The summed E-state index contributed by atoms with van der Waals surface area (Å²) in [4.78, 5) is 18.4. The van der Waals surface area contributed by atoms with Gasteiger partial charge < -0.3 is 10.2 Å². The molecule has 1 N–H and O–H groups in total. The van der Waals surface area contributed by atoms with Crippen LogP contribution in [0.2, 0.25) is 0 Å². The van der Waals surface area contributed by atoms with E-state index in [1.165, 1.54) is 4.31 Å². The van der Waals surface area contributed by atoms with Crippen LogP contribution in [0.15, 0.2) is 24.4 Å². The van der Waals surface area contributed by atoms with Crippen molar-refractivity contribution < 1.29 is 13.2 Å². The van der Waals surface area contributed by atoms with E-state index in [1.54, 1.807) is 6.20 Å². The molecule has 1 aromatic rings. The number of piperazine rings is 1. The first-order valence-corrected chi connectivity index (χ1v) is 10.6. The largest absolute Gasteiger partial charge is 0.355 e. The number of aromatic nitrogens is 1. The van der Waals surface area contributed by atoms with Gasteiger partial charge >= 0.3 is 0 Å². The van der Waals surface area contributed by atoms with Gasteiger partial charge in [0, 0.05) is 44.8 Å².